The lowest BCUT2D eigenvalue weighted by atomic mass is 10.1. The van der Waals surface area contributed by atoms with Crippen LogP contribution in [0.15, 0.2) is 40.5 Å². The van der Waals surface area contributed by atoms with Gasteiger partial charge in [-0.2, -0.15) is 8.70 Å². The van der Waals surface area contributed by atoms with Crippen molar-refractivity contribution >= 4 is 38.1 Å². The maximum absolute atomic E-state index is 13.2. The average molecular weight is 485 g/mol. The maximum atomic E-state index is 13.2. The standard InChI is InChI=1S/C19H21FN4O6S2/c20-16-9-21-19(31-16)22-18(26)17(23-30-14-6-8-29-11-14)12-1-3-15(4-2-12)32(27,28)24-7-5-13(25)10-24/h1-4,9,13-14,25H,5-8,10-11H2,(H,21,22,26)/t13-,14-/m1/s1. The van der Waals surface area contributed by atoms with Crippen LogP contribution in [0.1, 0.15) is 18.4 Å². The van der Waals surface area contributed by atoms with Crippen LogP contribution in [0, 0.1) is 5.13 Å². The van der Waals surface area contributed by atoms with Crippen LogP contribution in [0.5, 0.6) is 0 Å². The van der Waals surface area contributed by atoms with Gasteiger partial charge in [0.15, 0.2) is 22.1 Å². The van der Waals surface area contributed by atoms with Gasteiger partial charge in [-0.15, -0.1) is 0 Å². The van der Waals surface area contributed by atoms with E-state index in [1.165, 1.54) is 28.6 Å². The molecular weight excluding hydrogens is 463 g/mol. The van der Waals surface area contributed by atoms with Crippen LogP contribution < -0.4 is 5.32 Å². The molecule has 172 valence electrons. The monoisotopic (exact) mass is 484 g/mol. The lowest BCUT2D eigenvalue weighted by Gasteiger charge is -2.16. The van der Waals surface area contributed by atoms with Crippen LogP contribution in [0.2, 0.25) is 0 Å². The van der Waals surface area contributed by atoms with Crippen molar-refractivity contribution in [1.29, 1.82) is 0 Å². The van der Waals surface area contributed by atoms with E-state index in [1.807, 2.05) is 0 Å². The zero-order valence-electron chi connectivity index (χ0n) is 16.8. The fourth-order valence-corrected chi connectivity index (χ4v) is 5.31. The number of nitrogens with zero attached hydrogens (tertiary/aromatic N) is 3. The number of aliphatic hydroxyl groups is 1. The SMILES string of the molecule is O=C(Nc1ncc(F)s1)C(=NO[C@@H]1CCOC1)c1ccc(S(=O)(=O)N2CC[C@@H](O)C2)cc1. The molecule has 2 aliphatic heterocycles. The van der Waals surface area contributed by atoms with Crippen LogP contribution >= 0.6 is 11.3 Å². The van der Waals surface area contributed by atoms with E-state index in [4.69, 9.17) is 9.57 Å². The number of anilines is 1. The molecule has 4 rings (SSSR count). The minimum absolute atomic E-state index is 0.0298. The normalized spacial score (nSPS) is 22.2. The molecule has 0 radical (unpaired) electrons. The molecule has 1 amide bonds. The molecule has 32 heavy (non-hydrogen) atoms. The number of rotatable bonds is 7. The summed E-state index contributed by atoms with van der Waals surface area (Å²) in [6.07, 6.45) is 0.997. The number of thiazole rings is 1. The van der Waals surface area contributed by atoms with Crippen molar-refractivity contribution in [2.75, 3.05) is 31.6 Å². The van der Waals surface area contributed by atoms with Gasteiger partial charge in [-0.05, 0) is 18.6 Å². The second kappa shape index (κ2) is 9.58. The van der Waals surface area contributed by atoms with E-state index >= 15 is 0 Å². The Kier molecular flexibility index (Phi) is 6.81. The lowest BCUT2D eigenvalue weighted by Crippen LogP contribution is -2.30. The summed E-state index contributed by atoms with van der Waals surface area (Å²) in [5.74, 6) is -0.684. The third-order valence-corrected chi connectivity index (χ3v) is 7.57. The number of carbonyl (C=O) groups is 1. The van der Waals surface area contributed by atoms with Gasteiger partial charge in [0.25, 0.3) is 5.91 Å². The summed E-state index contributed by atoms with van der Waals surface area (Å²) in [6.45, 7) is 1.15. The Hall–Kier alpha value is -2.45. The van der Waals surface area contributed by atoms with Crippen LogP contribution in [-0.2, 0) is 24.4 Å². The minimum Gasteiger partial charge on any atom is -0.392 e. The van der Waals surface area contributed by atoms with Gasteiger partial charge < -0.3 is 14.7 Å². The van der Waals surface area contributed by atoms with E-state index in [2.05, 4.69) is 15.5 Å². The summed E-state index contributed by atoms with van der Waals surface area (Å²) in [6, 6.07) is 5.60. The summed E-state index contributed by atoms with van der Waals surface area (Å²) in [5.41, 5.74) is 0.187. The van der Waals surface area contributed by atoms with Gasteiger partial charge >= 0.3 is 0 Å². The van der Waals surface area contributed by atoms with E-state index in [0.29, 0.717) is 43.0 Å². The van der Waals surface area contributed by atoms with Gasteiger partial charge in [0.05, 0.1) is 30.4 Å². The van der Waals surface area contributed by atoms with Crippen molar-refractivity contribution in [2.24, 2.45) is 5.16 Å². The van der Waals surface area contributed by atoms with Gasteiger partial charge in [0.2, 0.25) is 10.0 Å². The smallest absolute Gasteiger partial charge is 0.280 e. The number of aliphatic hydroxyl groups excluding tert-OH is 1. The van der Waals surface area contributed by atoms with Crippen molar-refractivity contribution in [3.8, 4) is 0 Å². The number of halogens is 1. The second-order valence-electron chi connectivity index (χ2n) is 7.28. The highest BCUT2D eigenvalue weighted by Gasteiger charge is 2.31. The number of hydrogen-bond donors (Lipinski definition) is 2. The number of aromatic nitrogens is 1. The minimum atomic E-state index is -3.77. The number of hydrogen-bond acceptors (Lipinski definition) is 9. The van der Waals surface area contributed by atoms with Gasteiger partial charge in [-0.1, -0.05) is 28.6 Å². The number of amides is 1. The molecule has 1 aromatic heterocycles. The average Bonchev–Trinajstić information content (AvgIpc) is 3.52. The van der Waals surface area contributed by atoms with Crippen molar-refractivity contribution in [3.63, 3.8) is 0 Å². The van der Waals surface area contributed by atoms with Gasteiger partial charge in [0, 0.05) is 25.1 Å². The largest absolute Gasteiger partial charge is 0.392 e. The summed E-state index contributed by atoms with van der Waals surface area (Å²) in [7, 11) is -3.77. The summed E-state index contributed by atoms with van der Waals surface area (Å²) in [4.78, 5) is 22.0. The molecule has 2 saturated heterocycles. The first kappa shape index (κ1) is 22.7. The van der Waals surface area contributed by atoms with Crippen molar-refractivity contribution in [2.45, 2.75) is 29.9 Å². The first-order chi connectivity index (χ1) is 15.3. The third kappa shape index (κ3) is 5.13. The Balaban J connectivity index is 1.57. The zero-order chi connectivity index (χ0) is 22.7. The molecule has 1 aromatic carbocycles. The number of sulfonamides is 1. The highest BCUT2D eigenvalue weighted by Crippen LogP contribution is 2.22. The molecular formula is C19H21FN4O6S2. The highest BCUT2D eigenvalue weighted by atomic mass is 32.2. The topological polar surface area (TPSA) is 130 Å². The summed E-state index contributed by atoms with van der Waals surface area (Å²) >= 11 is 0.661. The molecule has 2 fully saturated rings. The number of oxime groups is 1. The summed E-state index contributed by atoms with van der Waals surface area (Å²) < 4.78 is 45.2. The predicted octanol–water partition coefficient (Wildman–Crippen LogP) is 1.19. The fourth-order valence-electron chi connectivity index (χ4n) is 3.28. The zero-order valence-corrected chi connectivity index (χ0v) is 18.4. The van der Waals surface area contributed by atoms with Crippen molar-refractivity contribution in [3.05, 3.63) is 41.2 Å². The third-order valence-electron chi connectivity index (χ3n) is 4.99. The molecule has 13 heteroatoms. The number of nitrogens with one attached hydrogen (secondary N) is 1. The quantitative estimate of drug-likeness (QED) is 0.446. The van der Waals surface area contributed by atoms with Crippen LogP contribution in [0.3, 0.4) is 0 Å². The molecule has 0 spiro atoms. The van der Waals surface area contributed by atoms with Crippen molar-refractivity contribution in [1.82, 2.24) is 9.29 Å². The molecule has 0 bridgehead atoms. The lowest BCUT2D eigenvalue weighted by molar-refractivity contribution is -0.110. The molecule has 10 nitrogen and oxygen atoms in total. The van der Waals surface area contributed by atoms with E-state index in [-0.39, 0.29) is 34.9 Å². The van der Waals surface area contributed by atoms with E-state index < -0.39 is 27.2 Å². The number of ether oxygens (including phenoxy) is 1. The van der Waals surface area contributed by atoms with Gasteiger partial charge in [-0.3, -0.25) is 10.1 Å². The Morgan fingerprint density at radius 3 is 2.72 bits per heavy atom. The molecule has 0 aliphatic carbocycles. The number of β-amino-alcohol motifs (C(OH)–C–C–N with tert-alkyl or cyclic N) is 1. The first-order valence-electron chi connectivity index (χ1n) is 9.86. The predicted molar refractivity (Wildman–Crippen MR) is 113 cm³/mol. The van der Waals surface area contributed by atoms with E-state index in [9.17, 15) is 22.7 Å². The van der Waals surface area contributed by atoms with Crippen LogP contribution in [0.25, 0.3) is 0 Å². The fraction of sp³-hybridized carbons (Fsp3) is 0.421. The van der Waals surface area contributed by atoms with Crippen LogP contribution in [0.4, 0.5) is 9.52 Å². The Bertz CT molecular complexity index is 1100. The number of carbonyl (C=O) groups excluding carboxylic acids is 1. The summed E-state index contributed by atoms with van der Waals surface area (Å²) in [5, 5.41) is 15.6. The molecule has 2 N–H and O–H groups in total. The highest BCUT2D eigenvalue weighted by molar-refractivity contribution is 7.89. The molecule has 0 unspecified atom stereocenters. The maximum Gasteiger partial charge on any atom is 0.280 e. The Labute approximate surface area is 187 Å². The van der Waals surface area contributed by atoms with Gasteiger partial charge in [0.1, 0.15) is 0 Å². The van der Waals surface area contributed by atoms with E-state index in [1.54, 1.807) is 0 Å². The molecule has 2 aromatic rings. The van der Waals surface area contributed by atoms with Crippen molar-refractivity contribution < 1.29 is 32.3 Å². The molecule has 3 heterocycles. The molecule has 2 aliphatic rings. The van der Waals surface area contributed by atoms with Gasteiger partial charge in [-0.25, -0.2) is 13.4 Å². The van der Waals surface area contributed by atoms with Crippen LogP contribution in [-0.4, -0.2) is 72.9 Å². The molecule has 2 atom stereocenters. The Morgan fingerprint density at radius 1 is 1.34 bits per heavy atom. The first-order valence-corrected chi connectivity index (χ1v) is 12.1. The number of benzene rings is 1. The molecule has 0 saturated carbocycles. The Morgan fingerprint density at radius 2 is 2.12 bits per heavy atom. The van der Waals surface area contributed by atoms with E-state index in [0.717, 1.165) is 6.20 Å². The second-order valence-corrected chi connectivity index (χ2v) is 10.2.